The quantitative estimate of drug-likeness (QED) is 0.714. The summed E-state index contributed by atoms with van der Waals surface area (Å²) in [5.74, 6) is 1.83. The number of rotatable bonds is 7. The molecule has 0 amide bonds. The Morgan fingerprint density at radius 3 is 2.94 bits per heavy atom. The van der Waals surface area contributed by atoms with Crippen LogP contribution in [0.15, 0.2) is 29.2 Å². The Balaban J connectivity index is 2.46. The molecule has 0 bridgehead atoms. The highest BCUT2D eigenvalue weighted by Gasteiger charge is 2.06. The number of aliphatic hydroxyl groups is 1. The van der Waals surface area contributed by atoms with E-state index in [4.69, 9.17) is 9.84 Å². The van der Waals surface area contributed by atoms with Gasteiger partial charge in [-0.05, 0) is 31.7 Å². The van der Waals surface area contributed by atoms with Crippen molar-refractivity contribution >= 4 is 11.8 Å². The van der Waals surface area contributed by atoms with Crippen LogP contribution >= 0.6 is 11.8 Å². The zero-order valence-corrected chi connectivity index (χ0v) is 10.6. The molecule has 0 aliphatic rings. The maximum Gasteiger partial charge on any atom is 0.119 e. The average molecular weight is 241 g/mol. The fourth-order valence-electron chi connectivity index (χ4n) is 1.35. The summed E-state index contributed by atoms with van der Waals surface area (Å²) in [5, 5.41) is 12.1. The third kappa shape index (κ3) is 4.43. The van der Waals surface area contributed by atoms with Gasteiger partial charge in [0.05, 0.1) is 7.11 Å². The highest BCUT2D eigenvalue weighted by atomic mass is 32.2. The third-order valence-electron chi connectivity index (χ3n) is 2.38. The summed E-state index contributed by atoms with van der Waals surface area (Å²) >= 11 is 1.77. The van der Waals surface area contributed by atoms with E-state index in [-0.39, 0.29) is 6.61 Å². The van der Waals surface area contributed by atoms with Crippen molar-refractivity contribution in [2.75, 3.05) is 26.5 Å². The van der Waals surface area contributed by atoms with E-state index < -0.39 is 0 Å². The van der Waals surface area contributed by atoms with E-state index in [9.17, 15) is 0 Å². The summed E-state index contributed by atoms with van der Waals surface area (Å²) < 4.78 is 5.17. The molecule has 0 fully saturated rings. The Hall–Kier alpha value is -0.710. The van der Waals surface area contributed by atoms with E-state index in [0.717, 1.165) is 17.9 Å². The summed E-state index contributed by atoms with van der Waals surface area (Å²) in [5.41, 5.74) is 0. The lowest BCUT2D eigenvalue weighted by Gasteiger charge is -2.14. The summed E-state index contributed by atoms with van der Waals surface area (Å²) in [6, 6.07) is 8.37. The van der Waals surface area contributed by atoms with Gasteiger partial charge in [-0.1, -0.05) is 6.07 Å². The molecule has 0 spiro atoms. The highest BCUT2D eigenvalue weighted by Crippen LogP contribution is 2.23. The van der Waals surface area contributed by atoms with E-state index in [1.165, 1.54) is 4.90 Å². The van der Waals surface area contributed by atoms with Gasteiger partial charge >= 0.3 is 0 Å². The summed E-state index contributed by atoms with van der Waals surface area (Å²) in [4.78, 5) is 1.19. The topological polar surface area (TPSA) is 41.5 Å². The molecule has 1 aromatic rings. The largest absolute Gasteiger partial charge is 0.497 e. The van der Waals surface area contributed by atoms with Gasteiger partial charge in [-0.25, -0.2) is 0 Å². The second-order valence-electron chi connectivity index (χ2n) is 3.49. The van der Waals surface area contributed by atoms with Crippen molar-refractivity contribution in [1.82, 2.24) is 5.32 Å². The predicted octanol–water partition coefficient (Wildman–Crippen LogP) is 1.76. The number of benzene rings is 1. The molecule has 0 aromatic heterocycles. The van der Waals surface area contributed by atoms with Crippen LogP contribution in [-0.2, 0) is 0 Å². The second kappa shape index (κ2) is 7.54. The zero-order valence-electron chi connectivity index (χ0n) is 9.77. The van der Waals surface area contributed by atoms with E-state index in [2.05, 4.69) is 11.4 Å². The Labute approximate surface area is 101 Å². The molecule has 0 saturated carbocycles. The molecule has 0 aliphatic carbocycles. The minimum atomic E-state index is 0.226. The van der Waals surface area contributed by atoms with Crippen LogP contribution in [0.1, 0.15) is 6.42 Å². The standard InChI is InChI=1S/C12H19NO2S/c1-13-10(6-7-14)9-16-12-5-3-4-11(8-12)15-2/h3-5,8,10,13-14H,6-7,9H2,1-2H3. The number of methoxy groups -OCH3 is 1. The molecule has 0 saturated heterocycles. The molecule has 2 N–H and O–H groups in total. The number of hydrogen-bond donors (Lipinski definition) is 2. The minimum Gasteiger partial charge on any atom is -0.497 e. The molecule has 90 valence electrons. The predicted molar refractivity (Wildman–Crippen MR) is 68.3 cm³/mol. The molecular formula is C12H19NO2S. The average Bonchev–Trinajstić information content (AvgIpc) is 2.34. The second-order valence-corrected chi connectivity index (χ2v) is 4.58. The van der Waals surface area contributed by atoms with Gasteiger partial charge in [0, 0.05) is 23.3 Å². The van der Waals surface area contributed by atoms with Gasteiger partial charge in [0.1, 0.15) is 5.75 Å². The van der Waals surface area contributed by atoms with Crippen LogP contribution in [0.25, 0.3) is 0 Å². The molecule has 3 nitrogen and oxygen atoms in total. The van der Waals surface area contributed by atoms with Crippen LogP contribution in [-0.4, -0.2) is 37.7 Å². The summed E-state index contributed by atoms with van der Waals surface area (Å²) in [7, 11) is 3.60. The van der Waals surface area contributed by atoms with Crippen LogP contribution in [0.3, 0.4) is 0 Å². The van der Waals surface area contributed by atoms with Gasteiger partial charge in [0.2, 0.25) is 0 Å². The lowest BCUT2D eigenvalue weighted by molar-refractivity contribution is 0.273. The van der Waals surface area contributed by atoms with Crippen molar-refractivity contribution in [2.24, 2.45) is 0 Å². The van der Waals surface area contributed by atoms with Crippen molar-refractivity contribution in [2.45, 2.75) is 17.4 Å². The van der Waals surface area contributed by atoms with Gasteiger partial charge in [-0.15, -0.1) is 11.8 Å². The van der Waals surface area contributed by atoms with Crippen LogP contribution in [0.2, 0.25) is 0 Å². The molecule has 1 unspecified atom stereocenters. The van der Waals surface area contributed by atoms with Gasteiger partial charge in [0.25, 0.3) is 0 Å². The van der Waals surface area contributed by atoms with E-state index in [1.54, 1.807) is 18.9 Å². The van der Waals surface area contributed by atoms with Crippen molar-refractivity contribution in [3.05, 3.63) is 24.3 Å². The molecule has 4 heteroatoms. The van der Waals surface area contributed by atoms with Crippen LogP contribution in [0.4, 0.5) is 0 Å². The monoisotopic (exact) mass is 241 g/mol. The number of hydrogen-bond acceptors (Lipinski definition) is 4. The molecule has 0 radical (unpaired) electrons. The Kier molecular flexibility index (Phi) is 6.30. The molecule has 1 atom stereocenters. The van der Waals surface area contributed by atoms with Crippen molar-refractivity contribution in [1.29, 1.82) is 0 Å². The maximum atomic E-state index is 8.88. The summed E-state index contributed by atoms with van der Waals surface area (Å²) in [6.45, 7) is 0.226. The smallest absolute Gasteiger partial charge is 0.119 e. The lowest BCUT2D eigenvalue weighted by Crippen LogP contribution is -2.28. The van der Waals surface area contributed by atoms with Gasteiger partial charge in [0.15, 0.2) is 0 Å². The first-order valence-corrected chi connectivity index (χ1v) is 6.33. The minimum absolute atomic E-state index is 0.226. The van der Waals surface area contributed by atoms with Crippen LogP contribution < -0.4 is 10.1 Å². The first-order chi connectivity index (χ1) is 7.80. The molecule has 16 heavy (non-hydrogen) atoms. The molecule has 1 aromatic carbocycles. The van der Waals surface area contributed by atoms with Crippen molar-refractivity contribution in [3.63, 3.8) is 0 Å². The first kappa shape index (κ1) is 13.4. The molecule has 1 rings (SSSR count). The Morgan fingerprint density at radius 2 is 2.31 bits per heavy atom. The Bertz CT molecular complexity index is 307. The summed E-state index contributed by atoms with van der Waals surface area (Å²) in [6.07, 6.45) is 0.785. The molecular weight excluding hydrogens is 222 g/mol. The number of aliphatic hydroxyl groups excluding tert-OH is 1. The van der Waals surface area contributed by atoms with E-state index >= 15 is 0 Å². The normalized spacial score (nSPS) is 12.4. The van der Waals surface area contributed by atoms with Crippen molar-refractivity contribution < 1.29 is 9.84 Å². The highest BCUT2D eigenvalue weighted by molar-refractivity contribution is 7.99. The van der Waals surface area contributed by atoms with E-state index in [0.29, 0.717) is 6.04 Å². The number of ether oxygens (including phenoxy) is 1. The van der Waals surface area contributed by atoms with Crippen LogP contribution in [0, 0.1) is 0 Å². The van der Waals surface area contributed by atoms with Crippen LogP contribution in [0.5, 0.6) is 5.75 Å². The van der Waals surface area contributed by atoms with Gasteiger partial charge < -0.3 is 15.2 Å². The molecule has 0 aliphatic heterocycles. The van der Waals surface area contributed by atoms with Gasteiger partial charge in [-0.3, -0.25) is 0 Å². The number of nitrogens with one attached hydrogen (secondary N) is 1. The van der Waals surface area contributed by atoms with E-state index in [1.807, 2.05) is 25.2 Å². The number of thioether (sulfide) groups is 1. The van der Waals surface area contributed by atoms with Gasteiger partial charge in [-0.2, -0.15) is 0 Å². The maximum absolute atomic E-state index is 8.88. The molecule has 0 heterocycles. The SMILES string of the molecule is CNC(CCO)CSc1cccc(OC)c1. The first-order valence-electron chi connectivity index (χ1n) is 5.35. The fraction of sp³-hybridized carbons (Fsp3) is 0.500. The zero-order chi connectivity index (χ0) is 11.8. The van der Waals surface area contributed by atoms with Crippen molar-refractivity contribution in [3.8, 4) is 5.75 Å². The third-order valence-corrected chi connectivity index (χ3v) is 3.53. The fourth-order valence-corrected chi connectivity index (χ4v) is 2.46. The Morgan fingerprint density at radius 1 is 1.50 bits per heavy atom. The lowest BCUT2D eigenvalue weighted by atomic mass is 10.2.